The highest BCUT2D eigenvalue weighted by molar-refractivity contribution is 7.89. The number of halogens is 1. The Morgan fingerprint density at radius 2 is 1.82 bits per heavy atom. The van der Waals surface area contributed by atoms with Gasteiger partial charge in [0, 0.05) is 12.6 Å². The summed E-state index contributed by atoms with van der Waals surface area (Å²) in [5, 5.41) is 7.52. The summed E-state index contributed by atoms with van der Waals surface area (Å²) in [6.45, 7) is -0.155. The maximum absolute atomic E-state index is 12.5. The molecule has 0 aliphatic carbocycles. The fraction of sp³-hybridized carbons (Fsp3) is 0.188. The van der Waals surface area contributed by atoms with Gasteiger partial charge in [-0.25, -0.2) is 26.7 Å². The van der Waals surface area contributed by atoms with E-state index in [4.69, 9.17) is 21.5 Å². The van der Waals surface area contributed by atoms with E-state index in [-0.39, 0.29) is 39.6 Å². The lowest BCUT2D eigenvalue weighted by molar-refractivity contribution is -0.118. The number of carbonyl (C=O) groups is 1. The van der Waals surface area contributed by atoms with E-state index >= 15 is 0 Å². The number of carbonyl (C=O) groups excluding carboxylic acids is 1. The molecule has 4 N–H and O–H groups in total. The maximum atomic E-state index is 12.5. The Balaban J connectivity index is 1.70. The van der Waals surface area contributed by atoms with Crippen LogP contribution in [0.2, 0.25) is 5.02 Å². The highest BCUT2D eigenvalue weighted by Gasteiger charge is 2.24. The molecule has 2 aromatic rings. The average molecular weight is 446 g/mol. The summed E-state index contributed by atoms with van der Waals surface area (Å²) in [4.78, 5) is 11.1. The van der Waals surface area contributed by atoms with Crippen LogP contribution in [0.25, 0.3) is 0 Å². The zero-order chi connectivity index (χ0) is 20.5. The second-order valence-corrected chi connectivity index (χ2v) is 9.66. The number of hydrogen-bond acceptors (Lipinski definition) is 6. The molecule has 0 saturated carbocycles. The number of benzene rings is 2. The van der Waals surface area contributed by atoms with Crippen molar-refractivity contribution in [3.63, 3.8) is 0 Å². The maximum Gasteiger partial charge on any atom is 0.262 e. The molecule has 1 amide bonds. The van der Waals surface area contributed by atoms with Crippen molar-refractivity contribution in [3.05, 3.63) is 47.0 Å². The topological polar surface area (TPSA) is 145 Å². The van der Waals surface area contributed by atoms with E-state index in [1.807, 2.05) is 0 Å². The molecule has 1 aliphatic heterocycles. The van der Waals surface area contributed by atoms with Gasteiger partial charge in [-0.15, -0.1) is 0 Å². The van der Waals surface area contributed by atoms with E-state index in [0.717, 1.165) is 5.56 Å². The quantitative estimate of drug-likeness (QED) is 0.600. The Bertz CT molecular complexity index is 1130. The number of nitrogens with one attached hydrogen (secondary N) is 2. The van der Waals surface area contributed by atoms with Crippen molar-refractivity contribution in [3.8, 4) is 5.75 Å². The fourth-order valence-corrected chi connectivity index (χ4v) is 4.63. The molecule has 1 aliphatic rings. The fourth-order valence-electron chi connectivity index (χ4n) is 2.54. The summed E-state index contributed by atoms with van der Waals surface area (Å²) >= 11 is 6.05. The molecule has 1 heterocycles. The number of hydrogen-bond donors (Lipinski definition) is 3. The SMILES string of the molecule is NS(=O)(=O)c1ccc(CCNS(=O)(=O)c2cc3c(cc2Cl)NC(=O)CO3)cc1. The Morgan fingerprint density at radius 1 is 1.14 bits per heavy atom. The number of anilines is 1. The molecular formula is C16H16ClN3O6S2. The lowest BCUT2D eigenvalue weighted by atomic mass is 10.2. The van der Waals surface area contributed by atoms with Crippen LogP contribution in [-0.4, -0.2) is 35.9 Å². The van der Waals surface area contributed by atoms with Crippen LogP contribution in [0.1, 0.15) is 5.56 Å². The van der Waals surface area contributed by atoms with Crippen LogP contribution in [0.3, 0.4) is 0 Å². The first-order valence-electron chi connectivity index (χ1n) is 7.94. The standard InChI is InChI=1S/C16H16ClN3O6S2/c17-12-7-13-14(26-9-16(21)20-13)8-15(12)28(24,25)19-6-5-10-1-3-11(4-2-10)27(18,22)23/h1-4,7-8,19H,5-6,9H2,(H,20,21)(H2,18,22,23). The Labute approximate surface area is 166 Å². The van der Waals surface area contributed by atoms with Crippen molar-refractivity contribution >= 4 is 43.2 Å². The van der Waals surface area contributed by atoms with E-state index in [0.29, 0.717) is 12.1 Å². The summed E-state index contributed by atoms with van der Waals surface area (Å²) in [6.07, 6.45) is 0.319. The molecule has 0 unspecified atom stereocenters. The number of fused-ring (bicyclic) bond motifs is 1. The van der Waals surface area contributed by atoms with Crippen LogP contribution in [0.15, 0.2) is 46.2 Å². The summed E-state index contributed by atoms with van der Waals surface area (Å²) in [6, 6.07) is 8.37. The number of amides is 1. The van der Waals surface area contributed by atoms with Crippen molar-refractivity contribution in [2.75, 3.05) is 18.5 Å². The molecule has 3 rings (SSSR count). The Hall–Kier alpha value is -2.18. The van der Waals surface area contributed by atoms with Crippen LogP contribution in [0.4, 0.5) is 5.69 Å². The third-order valence-corrected chi connectivity index (χ3v) is 6.77. The first-order valence-corrected chi connectivity index (χ1v) is 11.3. The van der Waals surface area contributed by atoms with Crippen molar-refractivity contribution in [1.82, 2.24) is 4.72 Å². The summed E-state index contributed by atoms with van der Waals surface area (Å²) in [5.41, 5.74) is 1.02. The van der Waals surface area contributed by atoms with Gasteiger partial charge in [-0.1, -0.05) is 23.7 Å². The molecule has 0 saturated heterocycles. The number of primary sulfonamides is 1. The minimum absolute atomic E-state index is 0.0234. The smallest absolute Gasteiger partial charge is 0.262 e. The van der Waals surface area contributed by atoms with Gasteiger partial charge in [0.15, 0.2) is 6.61 Å². The minimum Gasteiger partial charge on any atom is -0.482 e. The molecule has 12 heteroatoms. The van der Waals surface area contributed by atoms with Crippen LogP contribution in [0, 0.1) is 0 Å². The number of nitrogens with two attached hydrogens (primary N) is 1. The van der Waals surface area contributed by atoms with Gasteiger partial charge in [0.25, 0.3) is 5.91 Å². The number of ether oxygens (including phenoxy) is 1. The van der Waals surface area contributed by atoms with Crippen molar-refractivity contribution in [2.24, 2.45) is 5.14 Å². The second-order valence-electron chi connectivity index (χ2n) is 5.95. The largest absolute Gasteiger partial charge is 0.482 e. The zero-order valence-electron chi connectivity index (χ0n) is 14.3. The third-order valence-electron chi connectivity index (χ3n) is 3.91. The van der Waals surface area contributed by atoms with Gasteiger partial charge >= 0.3 is 0 Å². The average Bonchev–Trinajstić information content (AvgIpc) is 2.60. The van der Waals surface area contributed by atoms with Gasteiger partial charge in [0.1, 0.15) is 10.6 Å². The van der Waals surface area contributed by atoms with Gasteiger partial charge in [-0.05, 0) is 30.2 Å². The predicted molar refractivity (Wildman–Crippen MR) is 102 cm³/mol. The molecule has 0 aromatic heterocycles. The van der Waals surface area contributed by atoms with E-state index in [9.17, 15) is 21.6 Å². The zero-order valence-corrected chi connectivity index (χ0v) is 16.7. The van der Waals surface area contributed by atoms with E-state index in [1.54, 1.807) is 12.1 Å². The van der Waals surface area contributed by atoms with E-state index < -0.39 is 20.0 Å². The Kier molecular flexibility index (Phi) is 5.64. The minimum atomic E-state index is -3.93. The first-order chi connectivity index (χ1) is 13.1. The predicted octanol–water partition coefficient (Wildman–Crippen LogP) is 0.839. The molecule has 0 spiro atoms. The van der Waals surface area contributed by atoms with E-state index in [1.165, 1.54) is 24.3 Å². The molecule has 2 aromatic carbocycles. The summed E-state index contributed by atoms with van der Waals surface area (Å²) in [7, 11) is -7.71. The molecule has 9 nitrogen and oxygen atoms in total. The van der Waals surface area contributed by atoms with Crippen LogP contribution in [-0.2, 0) is 31.3 Å². The Morgan fingerprint density at radius 3 is 2.46 bits per heavy atom. The van der Waals surface area contributed by atoms with Gasteiger partial charge in [0.2, 0.25) is 20.0 Å². The molecule has 0 bridgehead atoms. The third kappa shape index (κ3) is 4.62. The van der Waals surface area contributed by atoms with Gasteiger partial charge in [-0.3, -0.25) is 4.79 Å². The molecule has 0 radical (unpaired) electrons. The van der Waals surface area contributed by atoms with Gasteiger partial charge in [0.05, 0.1) is 15.6 Å². The molecule has 28 heavy (non-hydrogen) atoms. The van der Waals surface area contributed by atoms with Crippen LogP contribution in [0.5, 0.6) is 5.75 Å². The highest BCUT2D eigenvalue weighted by Crippen LogP contribution is 2.35. The lowest BCUT2D eigenvalue weighted by Crippen LogP contribution is -2.28. The summed E-state index contributed by atoms with van der Waals surface area (Å²) < 4.78 is 55.2. The molecule has 150 valence electrons. The van der Waals surface area contributed by atoms with Crippen molar-refractivity contribution in [1.29, 1.82) is 0 Å². The number of rotatable bonds is 6. The molecular weight excluding hydrogens is 430 g/mol. The van der Waals surface area contributed by atoms with Crippen LogP contribution >= 0.6 is 11.6 Å². The highest BCUT2D eigenvalue weighted by atomic mass is 35.5. The summed E-state index contributed by atoms with van der Waals surface area (Å²) in [5.74, 6) is -0.145. The normalized spacial score (nSPS) is 14.1. The van der Waals surface area contributed by atoms with Crippen LogP contribution < -0.4 is 19.9 Å². The van der Waals surface area contributed by atoms with Gasteiger partial charge < -0.3 is 10.1 Å². The lowest BCUT2D eigenvalue weighted by Gasteiger charge is -2.19. The molecule has 0 fully saturated rings. The van der Waals surface area contributed by atoms with E-state index in [2.05, 4.69) is 10.0 Å². The van der Waals surface area contributed by atoms with Gasteiger partial charge in [-0.2, -0.15) is 0 Å². The number of sulfonamides is 2. The first kappa shape index (κ1) is 20.6. The van der Waals surface area contributed by atoms with Crippen molar-refractivity contribution < 1.29 is 26.4 Å². The second kappa shape index (κ2) is 7.68. The monoisotopic (exact) mass is 445 g/mol. The molecule has 0 atom stereocenters. The van der Waals surface area contributed by atoms with Crippen molar-refractivity contribution in [2.45, 2.75) is 16.2 Å².